The van der Waals surface area contributed by atoms with Crippen molar-refractivity contribution in [1.82, 2.24) is 5.32 Å². The van der Waals surface area contributed by atoms with E-state index in [2.05, 4.69) is 11.4 Å². The number of rotatable bonds is 1. The zero-order valence-electron chi connectivity index (χ0n) is 13.0. The molecule has 2 aromatic rings. The standard InChI is InChI=1S/C18H17ClN2O2/c1-11-6-7-16-14(8-11)15-10-18(2,23-16)21(17(22)20-15)13-5-3-4-12(19)9-13/h3-9,15H,10H2,1-2H3,(H,20,22)/t15-,18-/m1/s1. The highest BCUT2D eigenvalue weighted by Gasteiger charge is 2.49. The minimum atomic E-state index is -0.736. The summed E-state index contributed by atoms with van der Waals surface area (Å²) in [4.78, 5) is 14.4. The predicted molar refractivity (Wildman–Crippen MR) is 90.0 cm³/mol. The Bertz CT molecular complexity index is 807. The van der Waals surface area contributed by atoms with Crippen LogP contribution in [0.3, 0.4) is 0 Å². The van der Waals surface area contributed by atoms with Crippen molar-refractivity contribution in [3.8, 4) is 5.75 Å². The molecule has 118 valence electrons. The first-order valence-electron chi connectivity index (χ1n) is 7.62. The number of aryl methyl sites for hydroxylation is 1. The number of carbonyl (C=O) groups is 1. The Balaban J connectivity index is 1.81. The van der Waals surface area contributed by atoms with Crippen molar-refractivity contribution in [2.24, 2.45) is 0 Å². The number of halogens is 1. The summed E-state index contributed by atoms with van der Waals surface area (Å²) in [5.74, 6) is 0.821. The first kappa shape index (κ1) is 14.4. The lowest BCUT2D eigenvalue weighted by molar-refractivity contribution is 0.0378. The monoisotopic (exact) mass is 328 g/mol. The fourth-order valence-electron chi connectivity index (χ4n) is 3.50. The van der Waals surface area contributed by atoms with Gasteiger partial charge in [0.05, 0.1) is 11.7 Å². The largest absolute Gasteiger partial charge is 0.467 e. The maximum Gasteiger partial charge on any atom is 0.325 e. The topological polar surface area (TPSA) is 41.6 Å². The maximum atomic E-state index is 12.7. The van der Waals surface area contributed by atoms with Crippen LogP contribution in [0.5, 0.6) is 5.75 Å². The highest BCUT2D eigenvalue weighted by Crippen LogP contribution is 2.45. The van der Waals surface area contributed by atoms with Crippen molar-refractivity contribution in [1.29, 1.82) is 0 Å². The summed E-state index contributed by atoms with van der Waals surface area (Å²) in [6.45, 7) is 3.99. The van der Waals surface area contributed by atoms with Gasteiger partial charge in [-0.25, -0.2) is 4.79 Å². The predicted octanol–water partition coefficient (Wildman–Crippen LogP) is 4.42. The van der Waals surface area contributed by atoms with Gasteiger partial charge in [0.1, 0.15) is 5.75 Å². The first-order valence-corrected chi connectivity index (χ1v) is 8.00. The van der Waals surface area contributed by atoms with E-state index in [1.54, 1.807) is 17.0 Å². The summed E-state index contributed by atoms with van der Waals surface area (Å²) in [6, 6.07) is 13.1. The smallest absolute Gasteiger partial charge is 0.325 e. The van der Waals surface area contributed by atoms with Crippen LogP contribution in [0.4, 0.5) is 10.5 Å². The molecule has 0 aliphatic carbocycles. The summed E-state index contributed by atoms with van der Waals surface area (Å²) >= 11 is 6.09. The first-order chi connectivity index (χ1) is 11.0. The van der Waals surface area contributed by atoms with Crippen LogP contribution in [0.15, 0.2) is 42.5 Å². The molecule has 5 heteroatoms. The number of ether oxygens (including phenoxy) is 1. The number of hydrogen-bond acceptors (Lipinski definition) is 2. The van der Waals surface area contributed by atoms with Crippen LogP contribution in [0.1, 0.15) is 30.5 Å². The SMILES string of the molecule is Cc1ccc2c(c1)[C@H]1C[C@@](C)(O2)N(c2cccc(Cl)c2)C(=O)N1. The molecule has 0 radical (unpaired) electrons. The highest BCUT2D eigenvalue weighted by atomic mass is 35.5. The van der Waals surface area contributed by atoms with Crippen LogP contribution in [0, 0.1) is 6.92 Å². The average Bonchev–Trinajstić information content (AvgIpc) is 2.47. The van der Waals surface area contributed by atoms with Crippen molar-refractivity contribution in [3.63, 3.8) is 0 Å². The van der Waals surface area contributed by atoms with Crippen molar-refractivity contribution >= 4 is 23.3 Å². The second kappa shape index (κ2) is 4.90. The molecule has 2 bridgehead atoms. The lowest BCUT2D eigenvalue weighted by Crippen LogP contribution is -2.65. The van der Waals surface area contributed by atoms with E-state index in [4.69, 9.17) is 16.3 Å². The van der Waals surface area contributed by atoms with Gasteiger partial charge in [-0.2, -0.15) is 0 Å². The molecule has 2 heterocycles. The van der Waals surface area contributed by atoms with Crippen LogP contribution < -0.4 is 15.0 Å². The van der Waals surface area contributed by atoms with Gasteiger partial charge < -0.3 is 10.1 Å². The Morgan fingerprint density at radius 3 is 2.91 bits per heavy atom. The molecule has 4 rings (SSSR count). The third-order valence-electron chi connectivity index (χ3n) is 4.49. The Hall–Kier alpha value is -2.20. The number of amides is 2. The van der Waals surface area contributed by atoms with Crippen LogP contribution in [-0.2, 0) is 0 Å². The number of anilines is 1. The quantitative estimate of drug-likeness (QED) is 0.842. The molecule has 23 heavy (non-hydrogen) atoms. The molecule has 1 N–H and O–H groups in total. The van der Waals surface area contributed by atoms with E-state index >= 15 is 0 Å². The fraction of sp³-hybridized carbons (Fsp3) is 0.278. The Kier molecular flexibility index (Phi) is 3.07. The van der Waals surface area contributed by atoms with Crippen LogP contribution >= 0.6 is 11.6 Å². The highest BCUT2D eigenvalue weighted by molar-refractivity contribution is 6.30. The molecule has 0 unspecified atom stereocenters. The molecule has 1 fully saturated rings. The number of fused-ring (bicyclic) bond motifs is 4. The van der Waals surface area contributed by atoms with Gasteiger partial charge in [-0.15, -0.1) is 0 Å². The summed E-state index contributed by atoms with van der Waals surface area (Å²) in [6.07, 6.45) is 0.682. The average molecular weight is 329 g/mol. The van der Waals surface area contributed by atoms with Gasteiger partial charge in [-0.05, 0) is 38.1 Å². The van der Waals surface area contributed by atoms with E-state index in [0.29, 0.717) is 11.4 Å². The normalized spacial score (nSPS) is 25.4. The van der Waals surface area contributed by atoms with E-state index in [1.165, 1.54) is 0 Å². The third kappa shape index (κ3) is 2.25. The molecular formula is C18H17ClN2O2. The van der Waals surface area contributed by atoms with Gasteiger partial charge in [-0.1, -0.05) is 35.4 Å². The van der Waals surface area contributed by atoms with Crippen molar-refractivity contribution < 1.29 is 9.53 Å². The molecule has 2 atom stereocenters. The van der Waals surface area contributed by atoms with Gasteiger partial charge in [0.15, 0.2) is 5.72 Å². The number of carbonyl (C=O) groups excluding carboxylic acids is 1. The van der Waals surface area contributed by atoms with E-state index < -0.39 is 5.72 Å². The second-order valence-electron chi connectivity index (χ2n) is 6.34. The number of nitrogens with zero attached hydrogens (tertiary/aromatic N) is 1. The van der Waals surface area contributed by atoms with Gasteiger partial charge in [0, 0.05) is 17.0 Å². The van der Waals surface area contributed by atoms with Gasteiger partial charge >= 0.3 is 6.03 Å². The molecule has 2 aromatic carbocycles. The van der Waals surface area contributed by atoms with Gasteiger partial charge in [0.25, 0.3) is 0 Å². The van der Waals surface area contributed by atoms with E-state index in [0.717, 1.165) is 22.6 Å². The Morgan fingerprint density at radius 2 is 2.13 bits per heavy atom. The Morgan fingerprint density at radius 1 is 1.30 bits per heavy atom. The molecule has 0 aromatic heterocycles. The number of benzene rings is 2. The molecule has 0 saturated carbocycles. The van der Waals surface area contributed by atoms with E-state index in [-0.39, 0.29) is 12.1 Å². The number of hydrogen-bond donors (Lipinski definition) is 1. The summed E-state index contributed by atoms with van der Waals surface area (Å²) in [5, 5.41) is 3.68. The molecule has 0 spiro atoms. The van der Waals surface area contributed by atoms with Crippen LogP contribution in [0.25, 0.3) is 0 Å². The summed E-state index contributed by atoms with van der Waals surface area (Å²) in [7, 11) is 0. The molecule has 2 aliphatic heterocycles. The minimum absolute atomic E-state index is 0.0356. The third-order valence-corrected chi connectivity index (χ3v) is 4.73. The molecule has 2 aliphatic rings. The van der Waals surface area contributed by atoms with Crippen LogP contribution in [0.2, 0.25) is 5.02 Å². The molecule has 1 saturated heterocycles. The zero-order chi connectivity index (χ0) is 16.2. The van der Waals surface area contributed by atoms with E-state index in [9.17, 15) is 4.79 Å². The maximum absolute atomic E-state index is 12.7. The van der Waals surface area contributed by atoms with Gasteiger partial charge in [-0.3, -0.25) is 4.90 Å². The summed E-state index contributed by atoms with van der Waals surface area (Å²) in [5.41, 5.74) is 2.19. The Labute approximate surface area is 140 Å². The molecule has 2 amide bonds. The van der Waals surface area contributed by atoms with E-state index in [1.807, 2.05) is 38.1 Å². The second-order valence-corrected chi connectivity index (χ2v) is 6.78. The van der Waals surface area contributed by atoms with Gasteiger partial charge in [0.2, 0.25) is 0 Å². The molecule has 4 nitrogen and oxygen atoms in total. The zero-order valence-corrected chi connectivity index (χ0v) is 13.7. The van der Waals surface area contributed by atoms with Crippen molar-refractivity contribution in [2.75, 3.05) is 4.90 Å². The summed E-state index contributed by atoms with van der Waals surface area (Å²) < 4.78 is 6.24. The number of urea groups is 1. The number of nitrogens with one attached hydrogen (secondary N) is 1. The minimum Gasteiger partial charge on any atom is -0.467 e. The lowest BCUT2D eigenvalue weighted by atomic mass is 9.89. The lowest BCUT2D eigenvalue weighted by Gasteiger charge is -2.50. The van der Waals surface area contributed by atoms with Crippen molar-refractivity contribution in [2.45, 2.75) is 32.0 Å². The molecular weight excluding hydrogens is 312 g/mol. The van der Waals surface area contributed by atoms with Crippen molar-refractivity contribution in [3.05, 3.63) is 58.6 Å². The van der Waals surface area contributed by atoms with Crippen LogP contribution in [-0.4, -0.2) is 11.8 Å². The fourth-order valence-corrected chi connectivity index (χ4v) is 3.68.